The third-order valence-electron chi connectivity index (χ3n) is 3.25. The van der Waals surface area contributed by atoms with Crippen molar-refractivity contribution in [3.8, 4) is 0 Å². The van der Waals surface area contributed by atoms with E-state index in [1.54, 1.807) is 13.3 Å². The van der Waals surface area contributed by atoms with E-state index in [1.807, 2.05) is 11.9 Å². The summed E-state index contributed by atoms with van der Waals surface area (Å²) < 4.78 is 0.869. The zero-order chi connectivity index (χ0) is 13.8. The Labute approximate surface area is 121 Å². The first-order chi connectivity index (χ1) is 9.13. The SMILES string of the molecule is CNc1ncnc(N2CCCN(C(C)=O)CC2)c1Br. The number of carbonyl (C=O) groups is 1. The molecule has 1 aromatic heterocycles. The number of halogens is 1. The summed E-state index contributed by atoms with van der Waals surface area (Å²) in [5, 5.41) is 3.03. The lowest BCUT2D eigenvalue weighted by Gasteiger charge is -2.23. The zero-order valence-corrected chi connectivity index (χ0v) is 12.8. The molecule has 1 saturated heterocycles. The minimum Gasteiger partial charge on any atom is -0.372 e. The van der Waals surface area contributed by atoms with Crippen LogP contribution in [0.4, 0.5) is 11.6 Å². The molecule has 1 aliphatic heterocycles. The number of nitrogens with one attached hydrogen (secondary N) is 1. The van der Waals surface area contributed by atoms with Crippen molar-refractivity contribution in [1.82, 2.24) is 14.9 Å². The van der Waals surface area contributed by atoms with E-state index in [1.165, 1.54) is 0 Å². The van der Waals surface area contributed by atoms with Crippen LogP contribution in [0.2, 0.25) is 0 Å². The van der Waals surface area contributed by atoms with Crippen LogP contribution in [0.1, 0.15) is 13.3 Å². The normalized spacial score (nSPS) is 16.2. The first-order valence-corrected chi connectivity index (χ1v) is 7.11. The third-order valence-corrected chi connectivity index (χ3v) is 3.98. The first-order valence-electron chi connectivity index (χ1n) is 6.32. The topological polar surface area (TPSA) is 61.4 Å². The summed E-state index contributed by atoms with van der Waals surface area (Å²) >= 11 is 3.54. The molecule has 1 aromatic rings. The van der Waals surface area contributed by atoms with Gasteiger partial charge < -0.3 is 15.1 Å². The lowest BCUT2D eigenvalue weighted by molar-refractivity contribution is -0.128. The largest absolute Gasteiger partial charge is 0.372 e. The van der Waals surface area contributed by atoms with Crippen molar-refractivity contribution in [1.29, 1.82) is 0 Å². The number of hydrogen-bond acceptors (Lipinski definition) is 5. The molecule has 0 radical (unpaired) electrons. The van der Waals surface area contributed by atoms with E-state index in [4.69, 9.17) is 0 Å². The molecular weight excluding hydrogens is 310 g/mol. The van der Waals surface area contributed by atoms with Crippen LogP contribution in [0, 0.1) is 0 Å². The van der Waals surface area contributed by atoms with Crippen molar-refractivity contribution in [3.63, 3.8) is 0 Å². The Hall–Kier alpha value is -1.37. The zero-order valence-electron chi connectivity index (χ0n) is 11.2. The fourth-order valence-electron chi connectivity index (χ4n) is 2.20. The van der Waals surface area contributed by atoms with Crippen LogP contribution in [0.5, 0.6) is 0 Å². The molecule has 0 aromatic carbocycles. The summed E-state index contributed by atoms with van der Waals surface area (Å²) in [4.78, 5) is 24.0. The van der Waals surface area contributed by atoms with Crippen molar-refractivity contribution in [3.05, 3.63) is 10.8 Å². The van der Waals surface area contributed by atoms with E-state index in [2.05, 4.69) is 36.1 Å². The van der Waals surface area contributed by atoms with Crippen LogP contribution < -0.4 is 10.2 Å². The minimum absolute atomic E-state index is 0.138. The fourth-order valence-corrected chi connectivity index (χ4v) is 2.85. The van der Waals surface area contributed by atoms with Gasteiger partial charge in [-0.1, -0.05) is 0 Å². The molecule has 0 bridgehead atoms. The summed E-state index contributed by atoms with van der Waals surface area (Å²) in [7, 11) is 1.83. The van der Waals surface area contributed by atoms with Gasteiger partial charge in [0.1, 0.15) is 22.4 Å². The summed E-state index contributed by atoms with van der Waals surface area (Å²) in [5.74, 6) is 1.79. The molecule has 2 heterocycles. The smallest absolute Gasteiger partial charge is 0.219 e. The average Bonchev–Trinajstić information content (AvgIpc) is 2.65. The van der Waals surface area contributed by atoms with Gasteiger partial charge in [0.2, 0.25) is 5.91 Å². The Morgan fingerprint density at radius 1 is 1.32 bits per heavy atom. The molecular formula is C12H18BrN5O. The van der Waals surface area contributed by atoms with Gasteiger partial charge >= 0.3 is 0 Å². The van der Waals surface area contributed by atoms with E-state index >= 15 is 0 Å². The molecule has 104 valence electrons. The first kappa shape index (κ1) is 14.0. The molecule has 0 atom stereocenters. The minimum atomic E-state index is 0.138. The Morgan fingerprint density at radius 3 is 2.79 bits per heavy atom. The van der Waals surface area contributed by atoms with Gasteiger partial charge in [0.05, 0.1) is 0 Å². The van der Waals surface area contributed by atoms with E-state index in [0.717, 1.165) is 48.7 Å². The molecule has 1 N–H and O–H groups in total. The van der Waals surface area contributed by atoms with Gasteiger partial charge in [0, 0.05) is 40.2 Å². The molecule has 0 aliphatic carbocycles. The van der Waals surface area contributed by atoms with Crippen molar-refractivity contribution in [2.24, 2.45) is 0 Å². The van der Waals surface area contributed by atoms with Gasteiger partial charge in [0.15, 0.2) is 0 Å². The van der Waals surface area contributed by atoms with Crippen molar-refractivity contribution in [2.45, 2.75) is 13.3 Å². The van der Waals surface area contributed by atoms with E-state index < -0.39 is 0 Å². The number of hydrogen-bond donors (Lipinski definition) is 1. The highest BCUT2D eigenvalue weighted by molar-refractivity contribution is 9.10. The van der Waals surface area contributed by atoms with E-state index in [0.29, 0.717) is 0 Å². The van der Waals surface area contributed by atoms with Gasteiger partial charge in [-0.25, -0.2) is 9.97 Å². The molecule has 0 saturated carbocycles. The molecule has 1 amide bonds. The maximum Gasteiger partial charge on any atom is 0.219 e. The highest BCUT2D eigenvalue weighted by Gasteiger charge is 2.20. The standard InChI is InChI=1S/C12H18BrN5O/c1-9(19)17-4-3-5-18(7-6-17)12-10(13)11(14-2)15-8-16-12/h8H,3-7H2,1-2H3,(H,14,15,16). The van der Waals surface area contributed by atoms with Crippen LogP contribution in [0.15, 0.2) is 10.8 Å². The lowest BCUT2D eigenvalue weighted by atomic mass is 10.3. The van der Waals surface area contributed by atoms with Gasteiger partial charge in [-0.3, -0.25) is 4.79 Å². The van der Waals surface area contributed by atoms with Crippen LogP contribution in [-0.2, 0) is 4.79 Å². The number of aromatic nitrogens is 2. The third kappa shape index (κ3) is 3.15. The predicted molar refractivity (Wildman–Crippen MR) is 78.4 cm³/mol. The van der Waals surface area contributed by atoms with Crippen LogP contribution in [0.3, 0.4) is 0 Å². The van der Waals surface area contributed by atoms with Gasteiger partial charge in [-0.2, -0.15) is 0 Å². The summed E-state index contributed by atoms with van der Waals surface area (Å²) in [6, 6.07) is 0. The number of nitrogens with zero attached hydrogens (tertiary/aromatic N) is 4. The van der Waals surface area contributed by atoms with Crippen LogP contribution in [-0.4, -0.2) is 54.0 Å². The van der Waals surface area contributed by atoms with Gasteiger partial charge in [-0.05, 0) is 22.4 Å². The maximum absolute atomic E-state index is 11.4. The molecule has 1 fully saturated rings. The molecule has 2 rings (SSSR count). The van der Waals surface area contributed by atoms with Crippen molar-refractivity contribution in [2.75, 3.05) is 43.4 Å². The summed E-state index contributed by atoms with van der Waals surface area (Å²) in [6.07, 6.45) is 2.50. The predicted octanol–water partition coefficient (Wildman–Crippen LogP) is 1.34. The maximum atomic E-state index is 11.4. The molecule has 0 unspecified atom stereocenters. The summed E-state index contributed by atoms with van der Waals surface area (Å²) in [5.41, 5.74) is 0. The van der Waals surface area contributed by atoms with Crippen LogP contribution in [0.25, 0.3) is 0 Å². The number of rotatable bonds is 2. The Bertz CT molecular complexity index is 467. The Balaban J connectivity index is 2.16. The quantitative estimate of drug-likeness (QED) is 0.888. The van der Waals surface area contributed by atoms with Crippen molar-refractivity contribution >= 4 is 33.5 Å². The number of amides is 1. The highest BCUT2D eigenvalue weighted by Crippen LogP contribution is 2.29. The average molecular weight is 328 g/mol. The Morgan fingerprint density at radius 2 is 2.11 bits per heavy atom. The van der Waals surface area contributed by atoms with E-state index in [-0.39, 0.29) is 5.91 Å². The second kappa shape index (κ2) is 6.18. The fraction of sp³-hybridized carbons (Fsp3) is 0.583. The van der Waals surface area contributed by atoms with Crippen LogP contribution >= 0.6 is 15.9 Å². The van der Waals surface area contributed by atoms with Crippen molar-refractivity contribution < 1.29 is 4.79 Å². The second-order valence-corrected chi connectivity index (χ2v) is 5.25. The van der Waals surface area contributed by atoms with E-state index in [9.17, 15) is 4.79 Å². The number of carbonyl (C=O) groups excluding carboxylic acids is 1. The van der Waals surface area contributed by atoms with Gasteiger partial charge in [0.25, 0.3) is 0 Å². The molecule has 1 aliphatic rings. The summed E-state index contributed by atoms with van der Waals surface area (Å²) in [6.45, 7) is 4.85. The monoisotopic (exact) mass is 327 g/mol. The van der Waals surface area contributed by atoms with Gasteiger partial charge in [-0.15, -0.1) is 0 Å². The molecule has 6 nitrogen and oxygen atoms in total. The Kier molecular flexibility index (Phi) is 4.57. The second-order valence-electron chi connectivity index (χ2n) is 4.46. The molecule has 0 spiro atoms. The lowest BCUT2D eigenvalue weighted by Crippen LogP contribution is -2.34. The molecule has 7 heteroatoms. The number of anilines is 2. The molecule has 19 heavy (non-hydrogen) atoms. The highest BCUT2D eigenvalue weighted by atomic mass is 79.9.